The molecule has 2 fully saturated rings. The molecule has 5 aromatic rings. The van der Waals surface area contributed by atoms with Gasteiger partial charge in [-0.15, -0.1) is 10.2 Å². The third-order valence-electron chi connectivity index (χ3n) is 10.5. The van der Waals surface area contributed by atoms with Gasteiger partial charge in [0.25, 0.3) is 0 Å². The molecule has 0 atom stereocenters. The van der Waals surface area contributed by atoms with Crippen LogP contribution in [0.1, 0.15) is 77.3 Å². The summed E-state index contributed by atoms with van der Waals surface area (Å²) in [4.78, 5) is 65.4. The number of hydrogen-bond acceptors (Lipinski definition) is 9. The van der Waals surface area contributed by atoms with Gasteiger partial charge in [-0.05, 0) is 99.9 Å². The molecule has 0 radical (unpaired) electrons. The number of carbonyl (C=O) groups is 4. The number of nitrogens with zero attached hydrogens (tertiary/aromatic N) is 8. The first kappa shape index (κ1) is 47.6. The van der Waals surface area contributed by atoms with Crippen molar-refractivity contribution in [3.8, 4) is 11.5 Å². The monoisotopic (exact) mass is 907 g/mol. The molecule has 65 heavy (non-hydrogen) atoms. The Labute approximate surface area is 370 Å². The van der Waals surface area contributed by atoms with E-state index < -0.39 is 36.5 Å². The summed E-state index contributed by atoms with van der Waals surface area (Å²) in [6, 6.07) is 23.5. The van der Waals surface area contributed by atoms with Gasteiger partial charge in [0.15, 0.2) is 5.78 Å². The zero-order valence-electron chi connectivity index (χ0n) is 35.7. The van der Waals surface area contributed by atoms with Gasteiger partial charge in [0.2, 0.25) is 5.89 Å². The lowest BCUT2D eigenvalue weighted by atomic mass is 10.1. The Bertz CT molecular complexity index is 2410. The molecule has 0 aliphatic carbocycles. The summed E-state index contributed by atoms with van der Waals surface area (Å²) in [5.41, 5.74) is 3.60. The fourth-order valence-corrected chi connectivity index (χ4v) is 7.09. The second-order valence-corrected chi connectivity index (χ2v) is 15.5. The standard InChI is InChI=1S/C23H25F3N4O3.C22H22F3N5O2/c1-16-6-5-7-20(28-16)30(22(33)29-12-3-2-4-13-29)15-17-8-10-18(11-9-17)19(31)14-27-21(32)23(24,25)26;1-15-6-5-7-18(26-15)30(21(31)29-12-3-2-4-13-29)14-16-8-10-17(11-9-16)19-27-28-20(32-19)22(23,24)25/h5-11H,2-4,12-15H2,1H3,(H,27,32);5-11H,2-4,12-14H2,1H3. The van der Waals surface area contributed by atoms with Gasteiger partial charge in [0.05, 0.1) is 19.6 Å². The predicted molar refractivity (Wildman–Crippen MR) is 227 cm³/mol. The second-order valence-electron chi connectivity index (χ2n) is 15.5. The Morgan fingerprint density at radius 1 is 0.631 bits per heavy atom. The molecule has 0 spiro atoms. The molecule has 2 aliphatic rings. The van der Waals surface area contributed by atoms with Crippen LogP contribution in [0.3, 0.4) is 0 Å². The van der Waals surface area contributed by atoms with E-state index in [1.54, 1.807) is 68.5 Å². The molecule has 0 bridgehead atoms. The molecule has 3 aromatic heterocycles. The van der Waals surface area contributed by atoms with Crippen LogP contribution in [0.5, 0.6) is 0 Å². The average molecular weight is 908 g/mol. The third kappa shape index (κ3) is 13.1. The van der Waals surface area contributed by atoms with Crippen LogP contribution in [0.15, 0.2) is 89.3 Å². The van der Waals surface area contributed by atoms with Crippen LogP contribution in [0, 0.1) is 13.8 Å². The van der Waals surface area contributed by atoms with E-state index in [9.17, 15) is 45.5 Å². The first-order valence-corrected chi connectivity index (χ1v) is 20.9. The molecular formula is C45H47F6N9O5. The highest BCUT2D eigenvalue weighted by Gasteiger charge is 2.39. The Morgan fingerprint density at radius 3 is 1.51 bits per heavy atom. The number of alkyl halides is 6. The molecule has 14 nitrogen and oxygen atoms in total. The van der Waals surface area contributed by atoms with Gasteiger partial charge < -0.3 is 19.5 Å². The summed E-state index contributed by atoms with van der Waals surface area (Å²) in [6.07, 6.45) is -3.70. The number of hydrogen-bond donors (Lipinski definition) is 1. The molecule has 2 aromatic carbocycles. The number of amides is 5. The van der Waals surface area contributed by atoms with Crippen LogP contribution < -0.4 is 15.1 Å². The van der Waals surface area contributed by atoms with Crippen molar-refractivity contribution in [3.63, 3.8) is 0 Å². The molecule has 2 aliphatic heterocycles. The number of urea groups is 2. The van der Waals surface area contributed by atoms with Crippen molar-refractivity contribution < 1.29 is 49.9 Å². The normalized spacial score (nSPS) is 14.2. The molecule has 5 amide bonds. The highest BCUT2D eigenvalue weighted by Crippen LogP contribution is 2.31. The van der Waals surface area contributed by atoms with Crippen molar-refractivity contribution in [3.05, 3.63) is 119 Å². The topological polar surface area (TPSA) is 158 Å². The smallest absolute Gasteiger partial charge is 0.413 e. The lowest BCUT2D eigenvalue weighted by molar-refractivity contribution is -0.173. The zero-order chi connectivity index (χ0) is 46.7. The number of pyridine rings is 2. The van der Waals surface area contributed by atoms with Crippen LogP contribution >= 0.6 is 0 Å². The van der Waals surface area contributed by atoms with E-state index in [4.69, 9.17) is 4.42 Å². The molecule has 1 N–H and O–H groups in total. The highest BCUT2D eigenvalue weighted by molar-refractivity contribution is 6.00. The van der Waals surface area contributed by atoms with E-state index in [-0.39, 0.29) is 36.6 Å². The molecule has 2 saturated heterocycles. The van der Waals surface area contributed by atoms with Crippen LogP contribution in [0.4, 0.5) is 47.6 Å². The lowest BCUT2D eigenvalue weighted by Gasteiger charge is -2.32. The number of aryl methyl sites for hydroxylation is 2. The van der Waals surface area contributed by atoms with Crippen LogP contribution in [0.25, 0.3) is 11.5 Å². The summed E-state index contributed by atoms with van der Waals surface area (Å²) in [5.74, 6) is -3.35. The van der Waals surface area contributed by atoms with E-state index >= 15 is 0 Å². The largest absolute Gasteiger partial charge is 0.471 e. The quantitative estimate of drug-likeness (QED) is 0.107. The van der Waals surface area contributed by atoms with Gasteiger partial charge in [-0.2, -0.15) is 26.3 Å². The van der Waals surface area contributed by atoms with Gasteiger partial charge >= 0.3 is 36.2 Å². The van der Waals surface area contributed by atoms with E-state index in [0.717, 1.165) is 61.0 Å². The summed E-state index contributed by atoms with van der Waals surface area (Å²) >= 11 is 0. The van der Waals surface area contributed by atoms with Gasteiger partial charge in [0, 0.05) is 48.7 Å². The van der Waals surface area contributed by atoms with Crippen molar-refractivity contribution in [1.29, 1.82) is 0 Å². The summed E-state index contributed by atoms with van der Waals surface area (Å²) in [7, 11) is 0. The van der Waals surface area contributed by atoms with E-state index in [2.05, 4.69) is 20.2 Å². The Morgan fingerprint density at radius 2 is 1.09 bits per heavy atom. The number of halogens is 6. The molecule has 5 heterocycles. The Hall–Kier alpha value is -6.86. The van der Waals surface area contributed by atoms with Gasteiger partial charge in [-0.25, -0.2) is 19.6 Å². The predicted octanol–water partition coefficient (Wildman–Crippen LogP) is 8.94. The first-order valence-electron chi connectivity index (χ1n) is 20.9. The average Bonchev–Trinajstić information content (AvgIpc) is 3.81. The van der Waals surface area contributed by atoms with Crippen LogP contribution in [0.2, 0.25) is 0 Å². The maximum absolute atomic E-state index is 13.3. The number of benzene rings is 2. The zero-order valence-corrected chi connectivity index (χ0v) is 35.7. The first-order chi connectivity index (χ1) is 31.0. The highest BCUT2D eigenvalue weighted by atomic mass is 19.4. The van der Waals surface area contributed by atoms with E-state index in [0.29, 0.717) is 43.4 Å². The van der Waals surface area contributed by atoms with Crippen LogP contribution in [-0.2, 0) is 24.1 Å². The summed E-state index contributed by atoms with van der Waals surface area (Å²) in [6.45, 7) is 6.19. The summed E-state index contributed by atoms with van der Waals surface area (Å²) in [5, 5.41) is 8.09. The molecule has 0 unspecified atom stereocenters. The fourth-order valence-electron chi connectivity index (χ4n) is 7.09. The van der Waals surface area contributed by atoms with Gasteiger partial charge in [0.1, 0.15) is 11.6 Å². The molecular weight excluding hydrogens is 861 g/mol. The minimum Gasteiger partial charge on any atom is -0.413 e. The number of carbonyl (C=O) groups excluding carboxylic acids is 4. The molecule has 7 rings (SSSR count). The van der Waals surface area contributed by atoms with Crippen LogP contribution in [-0.4, -0.2) is 92.6 Å². The Balaban J connectivity index is 0.000000215. The van der Waals surface area contributed by atoms with Gasteiger partial charge in [-0.1, -0.05) is 48.5 Å². The Kier molecular flexibility index (Phi) is 15.5. The van der Waals surface area contributed by atoms with Crippen molar-refractivity contribution in [2.24, 2.45) is 0 Å². The number of nitrogens with one attached hydrogen (secondary N) is 1. The van der Waals surface area contributed by atoms with Crippen molar-refractivity contribution >= 4 is 35.4 Å². The minimum atomic E-state index is -5.04. The third-order valence-corrected chi connectivity index (χ3v) is 10.5. The maximum Gasteiger partial charge on any atom is 0.471 e. The number of likely N-dealkylation sites (tertiary alicyclic amines) is 2. The minimum absolute atomic E-state index is 0.112. The second kappa shape index (κ2) is 21.2. The van der Waals surface area contributed by atoms with E-state index in [1.165, 1.54) is 12.1 Å². The molecule has 0 saturated carbocycles. The van der Waals surface area contributed by atoms with Gasteiger partial charge in [-0.3, -0.25) is 19.4 Å². The molecule has 344 valence electrons. The maximum atomic E-state index is 13.3. The number of ketones is 1. The lowest BCUT2D eigenvalue weighted by Crippen LogP contribution is -2.45. The number of anilines is 2. The van der Waals surface area contributed by atoms with Crippen molar-refractivity contribution in [2.75, 3.05) is 42.5 Å². The SMILES string of the molecule is Cc1cccc(N(Cc2ccc(-c3nnc(C(F)(F)F)o3)cc2)C(=O)N2CCCCC2)n1.Cc1cccc(N(Cc2ccc(C(=O)CNC(=O)C(F)(F)F)cc2)C(=O)N2CCCCC2)n1. The van der Waals surface area contributed by atoms with Crippen molar-refractivity contribution in [1.82, 2.24) is 35.3 Å². The molecule has 20 heteroatoms. The number of aromatic nitrogens is 4. The fraction of sp³-hybridized carbons (Fsp3) is 0.378. The number of piperidine rings is 2. The van der Waals surface area contributed by atoms with E-state index in [1.807, 2.05) is 43.0 Å². The summed E-state index contributed by atoms with van der Waals surface area (Å²) < 4.78 is 79.7. The van der Waals surface area contributed by atoms with Crippen molar-refractivity contribution in [2.45, 2.75) is 77.8 Å². The number of rotatable bonds is 10. The number of Topliss-reactive ketones (excluding diaryl/α,β-unsaturated/α-hetero) is 1.